The largest absolute Gasteiger partial charge is 0.481 e. The van der Waals surface area contributed by atoms with Gasteiger partial charge in [0.05, 0.1) is 17.8 Å². The molecule has 1 N–H and O–H groups in total. The first-order valence-corrected chi connectivity index (χ1v) is 7.30. The topological polar surface area (TPSA) is 62.7 Å². The molecule has 2 rings (SSSR count). The summed E-state index contributed by atoms with van der Waals surface area (Å²) in [6.07, 6.45) is 1.51. The second-order valence-corrected chi connectivity index (χ2v) is 6.21. The van der Waals surface area contributed by atoms with Crippen LogP contribution in [0.2, 0.25) is 0 Å². The minimum atomic E-state index is -0.758. The number of carbonyl (C=O) groups is 1. The molecule has 1 aromatic rings. The van der Waals surface area contributed by atoms with Crippen molar-refractivity contribution >= 4 is 17.3 Å². The third-order valence-electron chi connectivity index (χ3n) is 3.61. The highest BCUT2D eigenvalue weighted by Gasteiger charge is 2.41. The molecule has 0 saturated carbocycles. The number of hydrogen-bond acceptors (Lipinski definition) is 5. The van der Waals surface area contributed by atoms with E-state index in [2.05, 4.69) is 9.88 Å². The molecule has 2 heterocycles. The van der Waals surface area contributed by atoms with Gasteiger partial charge in [-0.1, -0.05) is 0 Å². The van der Waals surface area contributed by atoms with Gasteiger partial charge in [-0.15, -0.1) is 11.3 Å². The van der Waals surface area contributed by atoms with E-state index in [1.807, 2.05) is 19.5 Å². The maximum absolute atomic E-state index is 11.6. The van der Waals surface area contributed by atoms with Gasteiger partial charge in [0.25, 0.3) is 0 Å². The fraction of sp³-hybridized carbons (Fsp3) is 0.692. The van der Waals surface area contributed by atoms with Crippen molar-refractivity contribution in [3.05, 3.63) is 16.1 Å². The number of carboxylic acids is 1. The lowest BCUT2D eigenvalue weighted by molar-refractivity contribution is -0.159. The number of ether oxygens (including phenoxy) is 1. The minimum Gasteiger partial charge on any atom is -0.481 e. The van der Waals surface area contributed by atoms with Crippen molar-refractivity contribution in [2.75, 3.05) is 26.8 Å². The quantitative estimate of drug-likeness (QED) is 0.892. The van der Waals surface area contributed by atoms with Crippen LogP contribution in [0.25, 0.3) is 0 Å². The Kier molecular flexibility index (Phi) is 4.54. The Morgan fingerprint density at radius 3 is 3.00 bits per heavy atom. The number of aryl methyl sites for hydroxylation is 1. The molecule has 0 spiro atoms. The molecule has 0 aliphatic carbocycles. The van der Waals surface area contributed by atoms with E-state index in [-0.39, 0.29) is 0 Å². The predicted octanol–water partition coefficient (Wildman–Crippen LogP) is 1.76. The van der Waals surface area contributed by atoms with Gasteiger partial charge in [0.2, 0.25) is 0 Å². The Hall–Kier alpha value is -0.980. The van der Waals surface area contributed by atoms with Crippen molar-refractivity contribution in [3.8, 4) is 0 Å². The van der Waals surface area contributed by atoms with Crippen LogP contribution >= 0.6 is 11.3 Å². The van der Waals surface area contributed by atoms with Crippen LogP contribution < -0.4 is 0 Å². The molecule has 0 bridgehead atoms. The molecule has 1 aromatic heterocycles. The normalized spacial score (nSPS) is 23.7. The summed E-state index contributed by atoms with van der Waals surface area (Å²) in [5.41, 5.74) is 2.10. The van der Waals surface area contributed by atoms with Crippen LogP contribution in [-0.4, -0.2) is 47.8 Å². The molecular formula is C13H20N2O3S. The Bertz CT molecular complexity index is 441. The number of rotatable bonds is 5. The van der Waals surface area contributed by atoms with Crippen LogP contribution in [-0.2, 0) is 16.1 Å². The van der Waals surface area contributed by atoms with Gasteiger partial charge < -0.3 is 9.84 Å². The second kappa shape index (κ2) is 5.98. The lowest BCUT2D eigenvalue weighted by atomic mass is 9.82. The third kappa shape index (κ3) is 3.32. The van der Waals surface area contributed by atoms with Crippen molar-refractivity contribution in [1.29, 1.82) is 0 Å². The first kappa shape index (κ1) is 14.4. The molecule has 1 aliphatic heterocycles. The standard InChI is InChI=1S/C13H20N2O3S/c1-10-11(19-9-14-10)6-15(2)7-13(12(16)17)4-3-5-18-8-13/h9H,3-8H2,1-2H3,(H,16,17). The van der Waals surface area contributed by atoms with Crippen LogP contribution in [0.4, 0.5) is 0 Å². The van der Waals surface area contributed by atoms with Crippen molar-refractivity contribution in [1.82, 2.24) is 9.88 Å². The average molecular weight is 284 g/mol. The Balaban J connectivity index is 2.01. The lowest BCUT2D eigenvalue weighted by Gasteiger charge is -2.36. The summed E-state index contributed by atoms with van der Waals surface area (Å²) in [7, 11) is 1.96. The summed E-state index contributed by atoms with van der Waals surface area (Å²) in [5.74, 6) is -0.750. The predicted molar refractivity (Wildman–Crippen MR) is 73.3 cm³/mol. The smallest absolute Gasteiger partial charge is 0.313 e. The summed E-state index contributed by atoms with van der Waals surface area (Å²) in [6.45, 7) is 4.22. The molecule has 0 aromatic carbocycles. The summed E-state index contributed by atoms with van der Waals surface area (Å²) >= 11 is 1.62. The van der Waals surface area contributed by atoms with Crippen molar-refractivity contribution in [3.63, 3.8) is 0 Å². The summed E-state index contributed by atoms with van der Waals surface area (Å²) in [6, 6.07) is 0. The third-order valence-corrected chi connectivity index (χ3v) is 4.53. The van der Waals surface area contributed by atoms with E-state index in [1.165, 1.54) is 4.88 Å². The zero-order chi connectivity index (χ0) is 13.9. The number of carboxylic acid groups (broad SMARTS) is 1. The molecule has 1 atom stereocenters. The van der Waals surface area contributed by atoms with Gasteiger partial charge in [0, 0.05) is 24.6 Å². The lowest BCUT2D eigenvalue weighted by Crippen LogP contribution is -2.47. The van der Waals surface area contributed by atoms with Gasteiger partial charge >= 0.3 is 5.97 Å². The molecule has 19 heavy (non-hydrogen) atoms. The van der Waals surface area contributed by atoms with E-state index in [0.717, 1.165) is 18.7 Å². The zero-order valence-corrected chi connectivity index (χ0v) is 12.2. The van der Waals surface area contributed by atoms with E-state index in [1.54, 1.807) is 11.3 Å². The SMILES string of the molecule is Cc1ncsc1CN(C)CC1(C(=O)O)CCCOC1. The Morgan fingerprint density at radius 2 is 2.47 bits per heavy atom. The highest BCUT2D eigenvalue weighted by molar-refractivity contribution is 7.09. The van der Waals surface area contributed by atoms with Crippen molar-refractivity contribution in [2.45, 2.75) is 26.3 Å². The van der Waals surface area contributed by atoms with E-state index in [9.17, 15) is 9.90 Å². The van der Waals surface area contributed by atoms with Crippen LogP contribution in [0.5, 0.6) is 0 Å². The van der Waals surface area contributed by atoms with Gasteiger partial charge in [-0.05, 0) is 26.8 Å². The molecule has 0 radical (unpaired) electrons. The van der Waals surface area contributed by atoms with E-state index < -0.39 is 11.4 Å². The molecule has 6 heteroatoms. The van der Waals surface area contributed by atoms with E-state index in [4.69, 9.17) is 4.74 Å². The fourth-order valence-electron chi connectivity index (χ4n) is 2.51. The van der Waals surface area contributed by atoms with Gasteiger partial charge in [-0.3, -0.25) is 9.69 Å². The number of nitrogens with zero attached hydrogens (tertiary/aromatic N) is 2. The summed E-state index contributed by atoms with van der Waals surface area (Å²) < 4.78 is 5.39. The maximum Gasteiger partial charge on any atom is 0.313 e. The molecule has 0 amide bonds. The van der Waals surface area contributed by atoms with Crippen molar-refractivity contribution < 1.29 is 14.6 Å². The first-order chi connectivity index (χ1) is 9.03. The molecule has 1 saturated heterocycles. The monoisotopic (exact) mass is 284 g/mol. The highest BCUT2D eigenvalue weighted by Crippen LogP contribution is 2.30. The van der Waals surface area contributed by atoms with Crippen LogP contribution in [0.3, 0.4) is 0 Å². The van der Waals surface area contributed by atoms with E-state index in [0.29, 0.717) is 26.2 Å². The summed E-state index contributed by atoms with van der Waals surface area (Å²) in [4.78, 5) is 19.0. The fourth-order valence-corrected chi connectivity index (χ4v) is 3.37. The molecule has 106 valence electrons. The number of hydrogen-bond donors (Lipinski definition) is 1. The Morgan fingerprint density at radius 1 is 1.68 bits per heavy atom. The second-order valence-electron chi connectivity index (χ2n) is 5.27. The first-order valence-electron chi connectivity index (χ1n) is 6.42. The minimum absolute atomic E-state index is 0.314. The Labute approximate surface area is 117 Å². The number of aliphatic carboxylic acids is 1. The average Bonchev–Trinajstić information content (AvgIpc) is 2.76. The van der Waals surface area contributed by atoms with Crippen LogP contribution in [0, 0.1) is 12.3 Å². The zero-order valence-electron chi connectivity index (χ0n) is 11.4. The highest BCUT2D eigenvalue weighted by atomic mass is 32.1. The van der Waals surface area contributed by atoms with Crippen LogP contribution in [0.1, 0.15) is 23.4 Å². The number of thiazole rings is 1. The van der Waals surface area contributed by atoms with Crippen LogP contribution in [0.15, 0.2) is 5.51 Å². The van der Waals surface area contributed by atoms with Crippen molar-refractivity contribution in [2.24, 2.45) is 5.41 Å². The number of aromatic nitrogens is 1. The molecule has 1 fully saturated rings. The molecule has 5 nitrogen and oxygen atoms in total. The molecule has 1 aliphatic rings. The van der Waals surface area contributed by atoms with Gasteiger partial charge in [-0.2, -0.15) is 0 Å². The van der Waals surface area contributed by atoms with E-state index >= 15 is 0 Å². The van der Waals surface area contributed by atoms with Gasteiger partial charge in [0.15, 0.2) is 0 Å². The molecule has 1 unspecified atom stereocenters. The van der Waals surface area contributed by atoms with Gasteiger partial charge in [-0.25, -0.2) is 4.98 Å². The molecular weight excluding hydrogens is 264 g/mol. The maximum atomic E-state index is 11.6. The summed E-state index contributed by atoms with van der Waals surface area (Å²) in [5, 5.41) is 9.50. The van der Waals surface area contributed by atoms with Gasteiger partial charge in [0.1, 0.15) is 5.41 Å².